The summed E-state index contributed by atoms with van der Waals surface area (Å²) >= 11 is 0. The maximum Gasteiger partial charge on any atom is 0.343 e. The average Bonchev–Trinajstić information content (AvgIpc) is 2.93. The molecule has 0 N–H and O–H groups in total. The lowest BCUT2D eigenvalue weighted by molar-refractivity contribution is 0.0729. The second-order valence-electron chi connectivity index (χ2n) is 8.03. The SMILES string of the molecule is CC.CC.COc1ccc2c(c1)CCN1Cc3cc(OC)c(OC(=O)c4ccccc4)cc3CC21. The summed E-state index contributed by atoms with van der Waals surface area (Å²) in [6, 6.07) is 19.7. The number of ether oxygens (including phenoxy) is 3. The summed E-state index contributed by atoms with van der Waals surface area (Å²) in [6.07, 6.45) is 1.89. The third kappa shape index (κ3) is 5.68. The molecule has 0 spiro atoms. The molecular weight excluding hydrogens is 438 g/mol. The molecule has 5 heteroatoms. The van der Waals surface area contributed by atoms with Crippen molar-refractivity contribution in [2.45, 2.75) is 53.1 Å². The highest BCUT2D eigenvalue weighted by Gasteiger charge is 2.33. The predicted octanol–water partition coefficient (Wildman–Crippen LogP) is 6.63. The molecule has 186 valence electrons. The first-order chi connectivity index (χ1) is 17.2. The summed E-state index contributed by atoms with van der Waals surface area (Å²) in [4.78, 5) is 15.1. The molecule has 3 aromatic rings. The van der Waals surface area contributed by atoms with Crippen LogP contribution in [0.1, 0.15) is 66.3 Å². The molecule has 0 fully saturated rings. The highest BCUT2D eigenvalue weighted by atomic mass is 16.6. The predicted molar refractivity (Wildman–Crippen MR) is 141 cm³/mol. The molecule has 3 aromatic carbocycles. The third-order valence-electron chi connectivity index (χ3n) is 6.30. The molecule has 2 heterocycles. The Labute approximate surface area is 209 Å². The molecular formula is C30H37NO4. The van der Waals surface area contributed by atoms with Crippen LogP contribution in [0.4, 0.5) is 0 Å². The smallest absolute Gasteiger partial charge is 0.343 e. The number of hydrogen-bond donors (Lipinski definition) is 0. The number of hydrogen-bond acceptors (Lipinski definition) is 5. The maximum absolute atomic E-state index is 12.6. The van der Waals surface area contributed by atoms with Crippen molar-refractivity contribution >= 4 is 5.97 Å². The van der Waals surface area contributed by atoms with E-state index in [-0.39, 0.29) is 5.97 Å². The largest absolute Gasteiger partial charge is 0.497 e. The Balaban J connectivity index is 0.000000815. The molecule has 0 saturated heterocycles. The van der Waals surface area contributed by atoms with Crippen molar-refractivity contribution in [1.29, 1.82) is 0 Å². The Morgan fingerprint density at radius 2 is 1.54 bits per heavy atom. The van der Waals surface area contributed by atoms with Crippen LogP contribution in [0, 0.1) is 0 Å². The van der Waals surface area contributed by atoms with Crippen molar-refractivity contribution in [2.24, 2.45) is 0 Å². The molecule has 2 aliphatic rings. The van der Waals surface area contributed by atoms with Gasteiger partial charge in [0, 0.05) is 19.1 Å². The summed E-state index contributed by atoms with van der Waals surface area (Å²) in [6.45, 7) is 9.87. The minimum atomic E-state index is -0.383. The van der Waals surface area contributed by atoms with Gasteiger partial charge in [-0.2, -0.15) is 0 Å². The van der Waals surface area contributed by atoms with E-state index in [2.05, 4.69) is 17.0 Å². The topological polar surface area (TPSA) is 48.0 Å². The summed E-state index contributed by atoms with van der Waals surface area (Å²) in [5, 5.41) is 0. The van der Waals surface area contributed by atoms with Crippen LogP contribution in [-0.4, -0.2) is 31.6 Å². The minimum absolute atomic E-state index is 0.313. The monoisotopic (exact) mass is 475 g/mol. The highest BCUT2D eigenvalue weighted by molar-refractivity contribution is 5.91. The van der Waals surface area contributed by atoms with E-state index >= 15 is 0 Å². The standard InChI is InChI=1S/C26H25NO4.2C2H6/c1-29-21-8-9-22-18(12-21)10-11-27-16-20-15-24(30-2)25(14-19(20)13-23(22)27)31-26(28)17-6-4-3-5-7-17;2*1-2/h3-9,12,14-15,23H,10-11,13,16H2,1-2H3;2*1-2H3. The van der Waals surface area contributed by atoms with E-state index in [1.807, 2.05) is 64.1 Å². The van der Waals surface area contributed by atoms with E-state index in [1.54, 1.807) is 26.4 Å². The minimum Gasteiger partial charge on any atom is -0.497 e. The van der Waals surface area contributed by atoms with E-state index in [0.29, 0.717) is 23.1 Å². The lowest BCUT2D eigenvalue weighted by atomic mass is 9.84. The Kier molecular flexibility index (Phi) is 9.32. The number of nitrogens with zero attached hydrogens (tertiary/aromatic N) is 1. The van der Waals surface area contributed by atoms with Crippen LogP contribution in [0.2, 0.25) is 0 Å². The number of carbonyl (C=O) groups is 1. The van der Waals surface area contributed by atoms with Crippen LogP contribution in [0.25, 0.3) is 0 Å². The second kappa shape index (κ2) is 12.4. The molecule has 35 heavy (non-hydrogen) atoms. The van der Waals surface area contributed by atoms with Crippen molar-refractivity contribution in [1.82, 2.24) is 4.90 Å². The van der Waals surface area contributed by atoms with Crippen molar-refractivity contribution < 1.29 is 19.0 Å². The third-order valence-corrected chi connectivity index (χ3v) is 6.30. The highest BCUT2D eigenvalue weighted by Crippen LogP contribution is 2.42. The molecule has 0 saturated carbocycles. The van der Waals surface area contributed by atoms with Gasteiger partial charge in [0.1, 0.15) is 5.75 Å². The fourth-order valence-corrected chi connectivity index (χ4v) is 4.68. The van der Waals surface area contributed by atoms with E-state index in [9.17, 15) is 4.79 Å². The van der Waals surface area contributed by atoms with Crippen molar-refractivity contribution in [3.63, 3.8) is 0 Å². The van der Waals surface area contributed by atoms with Crippen LogP contribution in [0.5, 0.6) is 17.2 Å². The van der Waals surface area contributed by atoms with Gasteiger partial charge in [0.15, 0.2) is 11.5 Å². The lowest BCUT2D eigenvalue weighted by Crippen LogP contribution is -2.39. The van der Waals surface area contributed by atoms with Gasteiger partial charge in [0.05, 0.1) is 19.8 Å². The van der Waals surface area contributed by atoms with Gasteiger partial charge in [-0.05, 0) is 71.5 Å². The van der Waals surface area contributed by atoms with Gasteiger partial charge in [-0.15, -0.1) is 0 Å². The van der Waals surface area contributed by atoms with Gasteiger partial charge in [-0.25, -0.2) is 4.79 Å². The van der Waals surface area contributed by atoms with Crippen molar-refractivity contribution in [3.05, 3.63) is 88.5 Å². The van der Waals surface area contributed by atoms with Crippen LogP contribution >= 0.6 is 0 Å². The van der Waals surface area contributed by atoms with E-state index < -0.39 is 0 Å². The number of carbonyl (C=O) groups excluding carboxylic acids is 1. The Bertz CT molecular complexity index is 1130. The molecule has 0 aromatic heterocycles. The Hall–Kier alpha value is -3.31. The quantitative estimate of drug-likeness (QED) is 0.313. The van der Waals surface area contributed by atoms with Gasteiger partial charge in [-0.1, -0.05) is 52.0 Å². The van der Waals surface area contributed by atoms with Gasteiger partial charge in [-0.3, -0.25) is 4.90 Å². The first kappa shape index (κ1) is 26.3. The summed E-state index contributed by atoms with van der Waals surface area (Å²) in [5.74, 6) is 1.58. The summed E-state index contributed by atoms with van der Waals surface area (Å²) < 4.78 is 16.7. The fourth-order valence-electron chi connectivity index (χ4n) is 4.68. The van der Waals surface area contributed by atoms with Crippen molar-refractivity contribution in [2.75, 3.05) is 20.8 Å². The number of fused-ring (bicyclic) bond motifs is 4. The van der Waals surface area contributed by atoms with Gasteiger partial charge < -0.3 is 14.2 Å². The van der Waals surface area contributed by atoms with Crippen molar-refractivity contribution in [3.8, 4) is 17.2 Å². The number of rotatable bonds is 4. The molecule has 1 atom stereocenters. The fraction of sp³-hybridized carbons (Fsp3) is 0.367. The Morgan fingerprint density at radius 1 is 0.829 bits per heavy atom. The van der Waals surface area contributed by atoms with E-state index in [4.69, 9.17) is 14.2 Å². The zero-order chi connectivity index (χ0) is 25.4. The molecule has 2 aliphatic heterocycles. The molecule has 5 rings (SSSR count). The average molecular weight is 476 g/mol. The molecule has 1 unspecified atom stereocenters. The van der Waals surface area contributed by atoms with E-state index in [0.717, 1.165) is 31.7 Å². The van der Waals surface area contributed by atoms with Crippen LogP contribution in [0.3, 0.4) is 0 Å². The lowest BCUT2D eigenvalue weighted by Gasteiger charge is -2.41. The summed E-state index contributed by atoms with van der Waals surface area (Å²) in [5.41, 5.74) is 5.65. The molecule has 5 nitrogen and oxygen atoms in total. The van der Waals surface area contributed by atoms with Crippen LogP contribution in [-0.2, 0) is 19.4 Å². The van der Waals surface area contributed by atoms with Gasteiger partial charge in [0.2, 0.25) is 0 Å². The normalized spacial score (nSPS) is 15.5. The molecule has 0 aliphatic carbocycles. The number of methoxy groups -OCH3 is 2. The zero-order valence-corrected chi connectivity index (χ0v) is 21.8. The first-order valence-electron chi connectivity index (χ1n) is 12.5. The zero-order valence-electron chi connectivity index (χ0n) is 21.8. The number of esters is 1. The molecule has 0 bridgehead atoms. The van der Waals surface area contributed by atoms with Gasteiger partial charge in [0.25, 0.3) is 0 Å². The molecule has 0 radical (unpaired) electrons. The number of benzene rings is 3. The van der Waals surface area contributed by atoms with E-state index in [1.165, 1.54) is 22.3 Å². The first-order valence-corrected chi connectivity index (χ1v) is 12.5. The summed E-state index contributed by atoms with van der Waals surface area (Å²) in [7, 11) is 3.32. The van der Waals surface area contributed by atoms with Crippen LogP contribution < -0.4 is 14.2 Å². The second-order valence-corrected chi connectivity index (χ2v) is 8.03. The molecule has 0 amide bonds. The maximum atomic E-state index is 12.6. The van der Waals surface area contributed by atoms with Gasteiger partial charge >= 0.3 is 5.97 Å². The Morgan fingerprint density at radius 3 is 2.23 bits per heavy atom. The van der Waals surface area contributed by atoms with Crippen LogP contribution in [0.15, 0.2) is 60.7 Å².